The quantitative estimate of drug-likeness (QED) is 0.592. The molecule has 0 aliphatic carbocycles. The number of aliphatic hydroxyl groups is 1. The van der Waals surface area contributed by atoms with Gasteiger partial charge in [-0.25, -0.2) is 0 Å². The third kappa shape index (κ3) is 2.59. The van der Waals surface area contributed by atoms with E-state index in [1.165, 1.54) is 0 Å². The Hall–Kier alpha value is -0.380. The maximum atomic E-state index is 9.03. The number of ether oxygens (including phenoxy) is 1. The summed E-state index contributed by atoms with van der Waals surface area (Å²) in [5.41, 5.74) is 0. The van der Waals surface area contributed by atoms with Gasteiger partial charge in [0, 0.05) is 19.1 Å². The van der Waals surface area contributed by atoms with E-state index in [1.807, 2.05) is 0 Å². The van der Waals surface area contributed by atoms with Gasteiger partial charge < -0.3 is 15.2 Å². The summed E-state index contributed by atoms with van der Waals surface area (Å²) in [5.74, 6) is 0.297. The van der Waals surface area contributed by atoms with E-state index >= 15 is 0 Å². The van der Waals surface area contributed by atoms with Gasteiger partial charge in [0.05, 0.1) is 12.7 Å². The summed E-state index contributed by atoms with van der Waals surface area (Å²) in [6, 6.07) is 0. The molecule has 0 radical (unpaired) electrons. The smallest absolute Gasteiger partial charge is 0.0754 e. The molecule has 0 amide bonds. The molecule has 3 nitrogen and oxygen atoms in total. The van der Waals surface area contributed by atoms with Crippen LogP contribution in [-0.2, 0) is 4.74 Å². The van der Waals surface area contributed by atoms with E-state index < -0.39 is 0 Å². The van der Waals surface area contributed by atoms with Crippen molar-refractivity contribution < 1.29 is 9.84 Å². The highest BCUT2D eigenvalue weighted by atomic mass is 16.5. The zero-order valence-corrected chi connectivity index (χ0v) is 7.33. The van der Waals surface area contributed by atoms with Crippen molar-refractivity contribution in [3.63, 3.8) is 0 Å². The van der Waals surface area contributed by atoms with Gasteiger partial charge in [0.25, 0.3) is 0 Å². The van der Waals surface area contributed by atoms with Crippen LogP contribution in [0, 0.1) is 5.92 Å². The minimum atomic E-state index is 0.154. The van der Waals surface area contributed by atoms with Crippen molar-refractivity contribution in [1.29, 1.82) is 0 Å². The van der Waals surface area contributed by atoms with Crippen molar-refractivity contribution >= 4 is 0 Å². The van der Waals surface area contributed by atoms with Gasteiger partial charge in [-0.3, -0.25) is 0 Å². The van der Waals surface area contributed by atoms with Gasteiger partial charge in [-0.1, -0.05) is 6.08 Å². The molecule has 1 aliphatic heterocycles. The topological polar surface area (TPSA) is 41.5 Å². The molecule has 2 unspecified atom stereocenters. The number of piperidine rings is 1. The summed E-state index contributed by atoms with van der Waals surface area (Å²) in [7, 11) is 0. The molecule has 1 saturated heterocycles. The number of hydrogen-bond donors (Lipinski definition) is 2. The first-order chi connectivity index (χ1) is 5.88. The fourth-order valence-electron chi connectivity index (χ4n) is 1.48. The third-order valence-electron chi connectivity index (χ3n) is 2.23. The minimum absolute atomic E-state index is 0.154. The fraction of sp³-hybridized carbons (Fsp3) is 0.778. The van der Waals surface area contributed by atoms with E-state index in [-0.39, 0.29) is 12.7 Å². The van der Waals surface area contributed by atoms with Crippen molar-refractivity contribution in [1.82, 2.24) is 5.32 Å². The predicted molar refractivity (Wildman–Crippen MR) is 48.0 cm³/mol. The van der Waals surface area contributed by atoms with Crippen LogP contribution >= 0.6 is 0 Å². The van der Waals surface area contributed by atoms with Gasteiger partial charge in [-0.15, -0.1) is 6.58 Å². The average molecular weight is 171 g/mol. The molecule has 12 heavy (non-hydrogen) atoms. The second-order valence-corrected chi connectivity index (χ2v) is 3.10. The van der Waals surface area contributed by atoms with E-state index in [4.69, 9.17) is 9.84 Å². The molecule has 1 aliphatic rings. The van der Waals surface area contributed by atoms with Crippen LogP contribution in [0.1, 0.15) is 6.42 Å². The SMILES string of the molecule is C=CCOC1CNCCC1CO. The molecule has 0 aromatic carbocycles. The first kappa shape index (κ1) is 9.71. The summed E-state index contributed by atoms with van der Waals surface area (Å²) in [6.07, 6.45) is 2.89. The maximum Gasteiger partial charge on any atom is 0.0754 e. The first-order valence-corrected chi connectivity index (χ1v) is 4.42. The Labute approximate surface area is 73.4 Å². The average Bonchev–Trinajstić information content (AvgIpc) is 2.15. The second-order valence-electron chi connectivity index (χ2n) is 3.10. The highest BCUT2D eigenvalue weighted by Gasteiger charge is 2.24. The van der Waals surface area contributed by atoms with Gasteiger partial charge in [0.2, 0.25) is 0 Å². The van der Waals surface area contributed by atoms with Gasteiger partial charge in [-0.05, 0) is 13.0 Å². The fourth-order valence-corrected chi connectivity index (χ4v) is 1.48. The number of aliphatic hydroxyl groups excluding tert-OH is 1. The molecule has 2 N–H and O–H groups in total. The van der Waals surface area contributed by atoms with E-state index in [9.17, 15) is 0 Å². The molecule has 1 fully saturated rings. The van der Waals surface area contributed by atoms with Crippen molar-refractivity contribution in [3.05, 3.63) is 12.7 Å². The Kier molecular flexibility index (Phi) is 4.29. The van der Waals surface area contributed by atoms with Crippen LogP contribution in [0.25, 0.3) is 0 Å². The molecule has 0 bridgehead atoms. The molecular formula is C9H17NO2. The molecule has 1 rings (SSSR count). The molecule has 0 spiro atoms. The maximum absolute atomic E-state index is 9.03. The summed E-state index contributed by atoms with van der Waals surface area (Å²) < 4.78 is 5.50. The van der Waals surface area contributed by atoms with Crippen LogP contribution in [0.3, 0.4) is 0 Å². The minimum Gasteiger partial charge on any atom is -0.396 e. The highest BCUT2D eigenvalue weighted by Crippen LogP contribution is 2.14. The molecule has 70 valence electrons. The van der Waals surface area contributed by atoms with Crippen LogP contribution in [-0.4, -0.2) is 37.5 Å². The van der Waals surface area contributed by atoms with Crippen LogP contribution in [0.4, 0.5) is 0 Å². The van der Waals surface area contributed by atoms with E-state index in [0.717, 1.165) is 19.5 Å². The normalized spacial score (nSPS) is 30.1. The van der Waals surface area contributed by atoms with Crippen molar-refractivity contribution in [2.24, 2.45) is 5.92 Å². The number of hydrogen-bond acceptors (Lipinski definition) is 3. The van der Waals surface area contributed by atoms with E-state index in [1.54, 1.807) is 6.08 Å². The van der Waals surface area contributed by atoms with Crippen LogP contribution < -0.4 is 5.32 Å². The third-order valence-corrected chi connectivity index (χ3v) is 2.23. The Morgan fingerprint density at radius 1 is 1.67 bits per heavy atom. The van der Waals surface area contributed by atoms with Gasteiger partial charge in [0.15, 0.2) is 0 Å². The van der Waals surface area contributed by atoms with E-state index in [0.29, 0.717) is 12.5 Å². The van der Waals surface area contributed by atoms with Crippen molar-refractivity contribution in [2.45, 2.75) is 12.5 Å². The van der Waals surface area contributed by atoms with E-state index in [2.05, 4.69) is 11.9 Å². The molecule has 2 atom stereocenters. The van der Waals surface area contributed by atoms with Crippen LogP contribution in [0.2, 0.25) is 0 Å². The standard InChI is InChI=1S/C9H17NO2/c1-2-5-12-9-6-10-4-3-8(9)7-11/h2,8-11H,1,3-7H2. The predicted octanol–water partition coefficient (Wildman–Crippen LogP) is 0.159. The summed E-state index contributed by atoms with van der Waals surface area (Å²) in [6.45, 7) is 6.22. The first-order valence-electron chi connectivity index (χ1n) is 4.42. The Morgan fingerprint density at radius 3 is 3.17 bits per heavy atom. The molecule has 3 heteroatoms. The van der Waals surface area contributed by atoms with Gasteiger partial charge in [-0.2, -0.15) is 0 Å². The molecule has 0 aromatic rings. The Bertz CT molecular complexity index is 138. The molecular weight excluding hydrogens is 154 g/mol. The largest absolute Gasteiger partial charge is 0.396 e. The van der Waals surface area contributed by atoms with Crippen LogP contribution in [0.5, 0.6) is 0 Å². The second kappa shape index (κ2) is 5.30. The van der Waals surface area contributed by atoms with Gasteiger partial charge in [0.1, 0.15) is 0 Å². The molecule has 1 heterocycles. The van der Waals surface area contributed by atoms with Crippen molar-refractivity contribution in [2.75, 3.05) is 26.3 Å². The Balaban J connectivity index is 2.30. The van der Waals surface area contributed by atoms with Gasteiger partial charge >= 0.3 is 0 Å². The molecule has 0 aromatic heterocycles. The Morgan fingerprint density at radius 2 is 2.50 bits per heavy atom. The zero-order chi connectivity index (χ0) is 8.81. The summed E-state index contributed by atoms with van der Waals surface area (Å²) in [4.78, 5) is 0. The lowest BCUT2D eigenvalue weighted by atomic mass is 9.96. The lowest BCUT2D eigenvalue weighted by Crippen LogP contribution is -2.43. The summed E-state index contributed by atoms with van der Waals surface area (Å²) >= 11 is 0. The lowest BCUT2D eigenvalue weighted by Gasteiger charge is -2.30. The summed E-state index contributed by atoms with van der Waals surface area (Å²) in [5, 5.41) is 12.3. The number of rotatable bonds is 4. The van der Waals surface area contributed by atoms with Crippen molar-refractivity contribution in [3.8, 4) is 0 Å². The zero-order valence-electron chi connectivity index (χ0n) is 7.33. The lowest BCUT2D eigenvalue weighted by molar-refractivity contribution is -0.00718. The van der Waals surface area contributed by atoms with Crippen LogP contribution in [0.15, 0.2) is 12.7 Å². The monoisotopic (exact) mass is 171 g/mol. The highest BCUT2D eigenvalue weighted by molar-refractivity contribution is 4.79. The number of nitrogens with one attached hydrogen (secondary N) is 1. The molecule has 0 saturated carbocycles.